The first-order valence-electron chi connectivity index (χ1n) is 8.22. The Morgan fingerprint density at radius 1 is 1.00 bits per heavy atom. The summed E-state index contributed by atoms with van der Waals surface area (Å²) in [5.74, 6) is 0.587. The number of hydrogen-bond acceptors (Lipinski definition) is 4. The molecule has 3 rings (SSSR count). The van der Waals surface area contributed by atoms with Gasteiger partial charge in [-0.3, -0.25) is 4.90 Å². The molecule has 2 N–H and O–H groups in total. The van der Waals surface area contributed by atoms with Gasteiger partial charge in [0.25, 0.3) is 0 Å². The van der Waals surface area contributed by atoms with Gasteiger partial charge in [-0.2, -0.15) is 0 Å². The summed E-state index contributed by atoms with van der Waals surface area (Å²) in [5, 5.41) is 21.6. The average Bonchev–Trinajstić information content (AvgIpc) is 2.61. The van der Waals surface area contributed by atoms with Crippen LogP contribution in [0.4, 0.5) is 0 Å². The number of fused-ring (bicyclic) bond motifs is 1. The molecule has 127 valence electrons. The van der Waals surface area contributed by atoms with Gasteiger partial charge < -0.3 is 14.8 Å². The first-order valence-corrected chi connectivity index (χ1v) is 8.22. The van der Waals surface area contributed by atoms with Crippen molar-refractivity contribution in [1.82, 2.24) is 4.90 Å². The second-order valence-corrected chi connectivity index (χ2v) is 6.19. The number of rotatable bonds is 7. The number of nitrogens with zero attached hydrogens (tertiary/aromatic N) is 1. The van der Waals surface area contributed by atoms with Crippen molar-refractivity contribution in [3.63, 3.8) is 0 Å². The van der Waals surface area contributed by atoms with Gasteiger partial charge in [0.1, 0.15) is 5.75 Å². The van der Waals surface area contributed by atoms with E-state index in [1.165, 1.54) is 5.39 Å². The Hall–Kier alpha value is -2.34. The number of hydrogen-bond donors (Lipinski definition) is 2. The van der Waals surface area contributed by atoms with Gasteiger partial charge in [-0.1, -0.05) is 48.5 Å². The molecule has 3 aromatic carbocycles. The quantitative estimate of drug-likeness (QED) is 0.653. The van der Waals surface area contributed by atoms with Gasteiger partial charge in [0.2, 0.25) is 0 Å². The molecule has 0 spiro atoms. The van der Waals surface area contributed by atoms with E-state index in [9.17, 15) is 5.11 Å². The van der Waals surface area contributed by atoms with Crippen LogP contribution >= 0.6 is 0 Å². The van der Waals surface area contributed by atoms with Crippen molar-refractivity contribution < 1.29 is 14.8 Å². The predicted molar refractivity (Wildman–Crippen MR) is 100 cm³/mol. The van der Waals surface area contributed by atoms with E-state index < -0.39 is 6.10 Å². The number of likely N-dealkylation sites (N-methyl/N-ethyl adjacent to an activating group) is 1. The van der Waals surface area contributed by atoms with Crippen LogP contribution in [0.15, 0.2) is 66.7 Å². The molecule has 0 bridgehead atoms. The fourth-order valence-electron chi connectivity index (χ4n) is 2.97. The van der Waals surface area contributed by atoms with Gasteiger partial charge in [0.05, 0.1) is 6.10 Å². The molecule has 0 aliphatic carbocycles. The topological polar surface area (TPSA) is 52.9 Å². The molecule has 0 fully saturated rings. The van der Waals surface area contributed by atoms with Gasteiger partial charge in [-0.15, -0.1) is 0 Å². The zero-order valence-electron chi connectivity index (χ0n) is 14.2. The summed E-state index contributed by atoms with van der Waals surface area (Å²) in [6, 6.07) is 21.7. The second-order valence-electron chi connectivity index (χ2n) is 6.19. The van der Waals surface area contributed by atoms with E-state index in [1.54, 1.807) is 6.07 Å². The predicted octanol–water partition coefficient (Wildman–Crippen LogP) is 2.91. The Kier molecular flexibility index (Phi) is 5.71. The summed E-state index contributed by atoms with van der Waals surface area (Å²) in [7, 11) is 2.64. The number of aliphatic hydroxyl groups excluding tert-OH is 1. The Labute approximate surface area is 148 Å². The van der Waals surface area contributed by atoms with Crippen LogP contribution in [0.1, 0.15) is 17.2 Å². The third-order valence-electron chi connectivity index (χ3n) is 4.18. The summed E-state index contributed by atoms with van der Waals surface area (Å²) in [6.45, 7) is 1.20. The molecule has 1 atom stereocenters. The molecule has 1 radical (unpaired) electrons. The fraction of sp³-hybridized carbons (Fsp3) is 0.200. The standard InChI is InChI=1S/C20H21BNO3/c1-22(13-15-5-4-8-19(11-15)25-21-24)14-20(23)18-10-9-16-6-2-3-7-17(16)12-18/h2-12,20,23-24H,13-14H2,1H3. The summed E-state index contributed by atoms with van der Waals surface area (Å²) in [6.07, 6.45) is -0.556. The highest BCUT2D eigenvalue weighted by Gasteiger charge is 2.12. The van der Waals surface area contributed by atoms with Crippen molar-refractivity contribution in [2.75, 3.05) is 13.6 Å². The van der Waals surface area contributed by atoms with Crippen LogP contribution < -0.4 is 4.65 Å². The van der Waals surface area contributed by atoms with Crippen LogP contribution in [0.25, 0.3) is 10.8 Å². The second kappa shape index (κ2) is 8.16. The lowest BCUT2D eigenvalue weighted by Gasteiger charge is -2.21. The largest absolute Gasteiger partial charge is 0.569 e. The molecule has 0 amide bonds. The molecule has 0 aliphatic heterocycles. The van der Waals surface area contributed by atoms with E-state index in [0.29, 0.717) is 26.5 Å². The van der Waals surface area contributed by atoms with Crippen molar-refractivity contribution in [1.29, 1.82) is 0 Å². The zero-order chi connectivity index (χ0) is 17.6. The minimum absolute atomic E-state index is 0.523. The van der Waals surface area contributed by atoms with Gasteiger partial charge in [-0.05, 0) is 47.1 Å². The Morgan fingerprint density at radius 3 is 2.60 bits per heavy atom. The summed E-state index contributed by atoms with van der Waals surface area (Å²) >= 11 is 0. The van der Waals surface area contributed by atoms with Crippen LogP contribution in [0.3, 0.4) is 0 Å². The Morgan fingerprint density at radius 2 is 1.80 bits per heavy atom. The average molecular weight is 334 g/mol. The molecule has 3 aromatic rings. The van der Waals surface area contributed by atoms with Crippen molar-refractivity contribution in [3.8, 4) is 5.75 Å². The maximum atomic E-state index is 10.6. The van der Waals surface area contributed by atoms with Gasteiger partial charge >= 0.3 is 7.69 Å². The summed E-state index contributed by atoms with van der Waals surface area (Å²) < 4.78 is 4.98. The lowest BCUT2D eigenvalue weighted by Crippen LogP contribution is -2.24. The monoisotopic (exact) mass is 334 g/mol. The third kappa shape index (κ3) is 4.60. The molecule has 0 heterocycles. The summed E-state index contributed by atoms with van der Waals surface area (Å²) in [5.41, 5.74) is 1.96. The summed E-state index contributed by atoms with van der Waals surface area (Å²) in [4.78, 5) is 2.06. The number of aliphatic hydroxyl groups is 1. The Bertz CT molecular complexity index is 840. The highest BCUT2D eigenvalue weighted by atomic mass is 16.5. The van der Waals surface area contributed by atoms with Gasteiger partial charge in [0.15, 0.2) is 0 Å². The van der Waals surface area contributed by atoms with Crippen molar-refractivity contribution in [2.45, 2.75) is 12.6 Å². The normalized spacial score (nSPS) is 12.3. The van der Waals surface area contributed by atoms with Crippen molar-refractivity contribution >= 4 is 18.5 Å². The SMILES string of the molecule is CN(Cc1cccc(O[B]O)c1)CC(O)c1ccc2ccccc2c1. The molecule has 1 unspecified atom stereocenters. The lowest BCUT2D eigenvalue weighted by atomic mass is 10.0. The van der Waals surface area contributed by atoms with E-state index in [-0.39, 0.29) is 0 Å². The van der Waals surface area contributed by atoms with Crippen LogP contribution in [-0.2, 0) is 6.54 Å². The molecule has 0 saturated heterocycles. The van der Waals surface area contributed by atoms with Crippen LogP contribution in [0.5, 0.6) is 5.75 Å². The molecule has 5 heteroatoms. The molecule has 0 saturated carbocycles. The maximum absolute atomic E-state index is 10.6. The van der Waals surface area contributed by atoms with Gasteiger partial charge in [-0.25, -0.2) is 0 Å². The van der Waals surface area contributed by atoms with Crippen LogP contribution in [0.2, 0.25) is 0 Å². The van der Waals surface area contributed by atoms with E-state index in [4.69, 9.17) is 9.68 Å². The van der Waals surface area contributed by atoms with E-state index in [2.05, 4.69) is 17.0 Å². The molecular weight excluding hydrogens is 313 g/mol. The minimum atomic E-state index is -0.556. The van der Waals surface area contributed by atoms with Gasteiger partial charge in [0, 0.05) is 13.1 Å². The lowest BCUT2D eigenvalue weighted by molar-refractivity contribution is 0.124. The molecule has 4 nitrogen and oxygen atoms in total. The minimum Gasteiger partial charge on any atom is -0.537 e. The number of benzene rings is 3. The van der Waals surface area contributed by atoms with Crippen LogP contribution in [0, 0.1) is 0 Å². The first-order chi connectivity index (χ1) is 12.2. The van der Waals surface area contributed by atoms with Crippen molar-refractivity contribution in [2.24, 2.45) is 0 Å². The van der Waals surface area contributed by atoms with E-state index in [0.717, 1.165) is 16.5 Å². The van der Waals surface area contributed by atoms with E-state index >= 15 is 0 Å². The zero-order valence-corrected chi connectivity index (χ0v) is 14.2. The molecule has 25 heavy (non-hydrogen) atoms. The highest BCUT2D eigenvalue weighted by Crippen LogP contribution is 2.22. The smallest absolute Gasteiger partial charge is 0.537 e. The van der Waals surface area contributed by atoms with Crippen LogP contribution in [-0.4, -0.2) is 36.3 Å². The van der Waals surface area contributed by atoms with Crippen molar-refractivity contribution in [3.05, 3.63) is 77.9 Å². The first kappa shape index (κ1) is 17.5. The third-order valence-corrected chi connectivity index (χ3v) is 4.18. The Balaban J connectivity index is 1.65. The molecule has 0 aromatic heterocycles. The molecular formula is C20H21BNO3. The molecule has 0 aliphatic rings. The fourth-order valence-corrected chi connectivity index (χ4v) is 2.97. The van der Waals surface area contributed by atoms with E-state index in [1.807, 2.05) is 55.6 Å². The maximum Gasteiger partial charge on any atom is 0.569 e. The highest BCUT2D eigenvalue weighted by molar-refractivity contribution is 6.17.